The third-order valence-electron chi connectivity index (χ3n) is 4.38. The van der Waals surface area contributed by atoms with Gasteiger partial charge in [0.15, 0.2) is 11.0 Å². The van der Waals surface area contributed by atoms with E-state index in [-0.39, 0.29) is 12.4 Å². The van der Waals surface area contributed by atoms with E-state index in [0.717, 1.165) is 28.4 Å². The number of nitrogens with zero attached hydrogens (tertiary/aromatic N) is 4. The second-order valence-electron chi connectivity index (χ2n) is 6.57. The maximum atomic E-state index is 12.8. The van der Waals surface area contributed by atoms with Crippen LogP contribution in [0.25, 0.3) is 10.6 Å². The van der Waals surface area contributed by atoms with Gasteiger partial charge in [0.05, 0.1) is 11.3 Å². The van der Waals surface area contributed by atoms with Crippen molar-refractivity contribution in [3.63, 3.8) is 0 Å². The van der Waals surface area contributed by atoms with Gasteiger partial charge >= 0.3 is 6.18 Å². The van der Waals surface area contributed by atoms with Crippen LogP contribution in [0, 0.1) is 0 Å². The standard InChI is InChI=1S/C21H17F3N4OS2/c1-28-18(11-29-17-9-5-8-15(10-17)21(22,23)24)26-27-20(28)31-13-16-12-30-19(25-16)14-6-3-2-4-7-14/h2-10,12H,11,13H2,1H3. The number of aromatic nitrogens is 4. The van der Waals surface area contributed by atoms with E-state index in [1.165, 1.54) is 23.9 Å². The van der Waals surface area contributed by atoms with Crippen LogP contribution in [0.5, 0.6) is 5.75 Å². The third kappa shape index (κ3) is 5.26. The quantitative estimate of drug-likeness (QED) is 0.324. The molecular weight excluding hydrogens is 445 g/mol. The number of rotatable bonds is 7. The monoisotopic (exact) mass is 462 g/mol. The Balaban J connectivity index is 1.36. The first kappa shape index (κ1) is 21.4. The first-order valence-corrected chi connectivity index (χ1v) is 11.1. The number of hydrogen-bond acceptors (Lipinski definition) is 6. The van der Waals surface area contributed by atoms with Crippen LogP contribution in [0.1, 0.15) is 17.1 Å². The predicted molar refractivity (Wildman–Crippen MR) is 114 cm³/mol. The lowest BCUT2D eigenvalue weighted by Gasteiger charge is -2.10. The minimum Gasteiger partial charge on any atom is -0.486 e. The summed E-state index contributed by atoms with van der Waals surface area (Å²) in [5.74, 6) is 1.27. The van der Waals surface area contributed by atoms with Crippen LogP contribution in [-0.2, 0) is 25.6 Å². The van der Waals surface area contributed by atoms with Crippen molar-refractivity contribution in [3.8, 4) is 16.3 Å². The number of thioether (sulfide) groups is 1. The fraction of sp³-hybridized carbons (Fsp3) is 0.190. The van der Waals surface area contributed by atoms with Crippen molar-refractivity contribution in [2.45, 2.75) is 23.7 Å². The molecule has 10 heteroatoms. The maximum Gasteiger partial charge on any atom is 0.416 e. The summed E-state index contributed by atoms with van der Waals surface area (Å²) in [5, 5.41) is 11.9. The van der Waals surface area contributed by atoms with Gasteiger partial charge in [0.2, 0.25) is 0 Å². The maximum absolute atomic E-state index is 12.8. The van der Waals surface area contributed by atoms with Gasteiger partial charge in [-0.15, -0.1) is 21.5 Å². The van der Waals surface area contributed by atoms with Crippen LogP contribution in [0.15, 0.2) is 65.1 Å². The van der Waals surface area contributed by atoms with E-state index in [4.69, 9.17) is 4.74 Å². The highest BCUT2D eigenvalue weighted by Crippen LogP contribution is 2.31. The van der Waals surface area contributed by atoms with E-state index >= 15 is 0 Å². The van der Waals surface area contributed by atoms with Crippen molar-refractivity contribution in [2.75, 3.05) is 0 Å². The number of benzene rings is 2. The Morgan fingerprint density at radius 1 is 1.06 bits per heavy atom. The Hall–Kier alpha value is -2.85. The molecule has 0 aliphatic rings. The van der Waals surface area contributed by atoms with E-state index in [1.807, 2.05) is 35.7 Å². The molecule has 0 radical (unpaired) electrons. The highest BCUT2D eigenvalue weighted by atomic mass is 32.2. The summed E-state index contributed by atoms with van der Waals surface area (Å²) in [6.07, 6.45) is -4.41. The summed E-state index contributed by atoms with van der Waals surface area (Å²) in [6.45, 7) is 0.0141. The normalized spacial score (nSPS) is 11.6. The highest BCUT2D eigenvalue weighted by molar-refractivity contribution is 7.98. The van der Waals surface area contributed by atoms with Gasteiger partial charge < -0.3 is 9.30 Å². The Labute approximate surface area is 184 Å². The molecule has 0 fully saturated rings. The van der Waals surface area contributed by atoms with Gasteiger partial charge in [0, 0.05) is 23.7 Å². The average molecular weight is 463 g/mol. The summed E-state index contributed by atoms with van der Waals surface area (Å²) in [7, 11) is 1.80. The van der Waals surface area contributed by atoms with E-state index in [2.05, 4.69) is 15.2 Å². The van der Waals surface area contributed by atoms with Gasteiger partial charge in [0.25, 0.3) is 0 Å². The number of halogens is 3. The third-order valence-corrected chi connectivity index (χ3v) is 6.37. The first-order valence-electron chi connectivity index (χ1n) is 9.21. The largest absolute Gasteiger partial charge is 0.486 e. The smallest absolute Gasteiger partial charge is 0.416 e. The molecule has 0 spiro atoms. The molecule has 31 heavy (non-hydrogen) atoms. The van der Waals surface area contributed by atoms with Crippen molar-refractivity contribution in [1.29, 1.82) is 0 Å². The predicted octanol–water partition coefficient (Wildman–Crippen LogP) is 5.83. The summed E-state index contributed by atoms with van der Waals surface area (Å²) in [6, 6.07) is 14.7. The average Bonchev–Trinajstić information content (AvgIpc) is 3.38. The van der Waals surface area contributed by atoms with Gasteiger partial charge in [-0.05, 0) is 18.2 Å². The molecule has 0 atom stereocenters. The van der Waals surface area contributed by atoms with Gasteiger partial charge in [-0.3, -0.25) is 0 Å². The number of alkyl halides is 3. The molecule has 0 aliphatic carbocycles. The number of ether oxygens (including phenoxy) is 1. The zero-order chi connectivity index (χ0) is 21.8. The molecule has 4 rings (SSSR count). The highest BCUT2D eigenvalue weighted by Gasteiger charge is 2.30. The second kappa shape index (κ2) is 9.11. The van der Waals surface area contributed by atoms with Crippen molar-refractivity contribution >= 4 is 23.1 Å². The van der Waals surface area contributed by atoms with Crippen molar-refractivity contribution in [1.82, 2.24) is 19.7 Å². The topological polar surface area (TPSA) is 52.8 Å². The molecule has 0 unspecified atom stereocenters. The lowest BCUT2D eigenvalue weighted by molar-refractivity contribution is -0.137. The molecule has 0 N–H and O–H groups in total. The molecule has 2 aromatic heterocycles. The van der Waals surface area contributed by atoms with Gasteiger partial charge in [0.1, 0.15) is 17.4 Å². The van der Waals surface area contributed by atoms with Gasteiger partial charge in [-0.25, -0.2) is 4.98 Å². The molecule has 0 bridgehead atoms. The zero-order valence-electron chi connectivity index (χ0n) is 16.3. The van der Waals surface area contributed by atoms with Crippen LogP contribution in [0.3, 0.4) is 0 Å². The first-order chi connectivity index (χ1) is 14.9. The van der Waals surface area contributed by atoms with Crippen molar-refractivity contribution in [2.24, 2.45) is 7.05 Å². The fourth-order valence-electron chi connectivity index (χ4n) is 2.73. The minimum absolute atomic E-state index is 0.0141. The molecule has 160 valence electrons. The minimum atomic E-state index is -4.41. The Morgan fingerprint density at radius 2 is 1.87 bits per heavy atom. The number of hydrogen-bond donors (Lipinski definition) is 0. The molecule has 0 amide bonds. The summed E-state index contributed by atoms with van der Waals surface area (Å²) < 4.78 is 45.8. The van der Waals surface area contributed by atoms with Crippen LogP contribution in [0.4, 0.5) is 13.2 Å². The lowest BCUT2D eigenvalue weighted by atomic mass is 10.2. The summed E-state index contributed by atoms with van der Waals surface area (Å²) in [5.41, 5.74) is 1.27. The van der Waals surface area contributed by atoms with E-state index in [1.54, 1.807) is 23.0 Å². The van der Waals surface area contributed by atoms with Gasteiger partial charge in [-0.1, -0.05) is 48.2 Å². The molecule has 0 saturated carbocycles. The molecule has 4 aromatic rings. The van der Waals surface area contributed by atoms with Crippen molar-refractivity contribution in [3.05, 3.63) is 77.1 Å². The molecule has 2 aromatic carbocycles. The molecule has 2 heterocycles. The van der Waals surface area contributed by atoms with Crippen LogP contribution >= 0.6 is 23.1 Å². The molecule has 5 nitrogen and oxygen atoms in total. The Kier molecular flexibility index (Phi) is 6.28. The van der Waals surface area contributed by atoms with Crippen LogP contribution < -0.4 is 4.74 Å². The SMILES string of the molecule is Cn1c(COc2cccc(C(F)(F)F)c2)nnc1SCc1csc(-c2ccccc2)n1. The Bertz CT molecular complexity index is 1160. The van der Waals surface area contributed by atoms with Gasteiger partial charge in [-0.2, -0.15) is 13.2 Å². The molecule has 0 saturated heterocycles. The van der Waals surface area contributed by atoms with Crippen LogP contribution in [-0.4, -0.2) is 19.7 Å². The second-order valence-corrected chi connectivity index (χ2v) is 8.37. The van der Waals surface area contributed by atoms with Crippen LogP contribution in [0.2, 0.25) is 0 Å². The summed E-state index contributed by atoms with van der Waals surface area (Å²) >= 11 is 3.07. The fourth-order valence-corrected chi connectivity index (χ4v) is 4.49. The number of thiazole rings is 1. The van der Waals surface area contributed by atoms with Crippen molar-refractivity contribution < 1.29 is 17.9 Å². The lowest BCUT2D eigenvalue weighted by Crippen LogP contribution is -2.07. The van der Waals surface area contributed by atoms with E-state index < -0.39 is 11.7 Å². The molecular formula is C21H17F3N4OS2. The molecule has 0 aliphatic heterocycles. The summed E-state index contributed by atoms with van der Waals surface area (Å²) in [4.78, 5) is 4.66. The van der Waals surface area contributed by atoms with E-state index in [9.17, 15) is 13.2 Å². The zero-order valence-corrected chi connectivity index (χ0v) is 18.0. The van der Waals surface area contributed by atoms with E-state index in [0.29, 0.717) is 16.7 Å². The Morgan fingerprint density at radius 3 is 2.65 bits per heavy atom.